The van der Waals surface area contributed by atoms with Gasteiger partial charge in [-0.25, -0.2) is 9.18 Å². The van der Waals surface area contributed by atoms with Crippen LogP contribution >= 0.6 is 0 Å². The van der Waals surface area contributed by atoms with E-state index in [0.717, 1.165) is 6.07 Å². The van der Waals surface area contributed by atoms with Crippen molar-refractivity contribution in [2.24, 2.45) is 0 Å². The van der Waals surface area contributed by atoms with Gasteiger partial charge >= 0.3 is 5.97 Å². The first-order chi connectivity index (χ1) is 9.79. The first-order valence-corrected chi connectivity index (χ1v) is 6.26. The van der Waals surface area contributed by atoms with Gasteiger partial charge in [-0.3, -0.25) is 0 Å². The van der Waals surface area contributed by atoms with E-state index in [1.165, 1.54) is 12.1 Å². The Balaban J connectivity index is 2.16. The zero-order valence-electron chi connectivity index (χ0n) is 11.9. The molecule has 2 rings (SSSR count). The van der Waals surface area contributed by atoms with Crippen molar-refractivity contribution in [1.82, 2.24) is 10.1 Å². The van der Waals surface area contributed by atoms with E-state index in [4.69, 9.17) is 14.4 Å². The molecule has 2 aromatic rings. The Hall–Kier alpha value is -2.44. The number of carboxylic acid groups (broad SMARTS) is 1. The van der Waals surface area contributed by atoms with Crippen LogP contribution in [0.25, 0.3) is 0 Å². The lowest BCUT2D eigenvalue weighted by molar-refractivity contribution is 0.0686. The highest BCUT2D eigenvalue weighted by Crippen LogP contribution is 2.23. The molecule has 1 aromatic carbocycles. The van der Waals surface area contributed by atoms with Crippen molar-refractivity contribution in [2.75, 3.05) is 0 Å². The molecule has 0 aliphatic rings. The number of nitrogens with zero attached hydrogens (tertiary/aromatic N) is 2. The average molecular weight is 294 g/mol. The predicted molar refractivity (Wildman–Crippen MR) is 70.7 cm³/mol. The molecule has 1 N–H and O–H groups in total. The Labute approximate surface area is 120 Å². The van der Waals surface area contributed by atoms with E-state index < -0.39 is 17.3 Å². The fourth-order valence-electron chi connectivity index (χ4n) is 1.59. The fraction of sp³-hybridized carbons (Fsp3) is 0.357. The van der Waals surface area contributed by atoms with Crippen molar-refractivity contribution in [3.05, 3.63) is 41.3 Å². The standard InChI is InChI=1S/C14H15FN2O4/c1-14(2,3)13-16-10(17-21-13)7-20-9-6-4-5-8(15)11(9)12(18)19/h4-6H,7H2,1-3H3,(H,18,19). The van der Waals surface area contributed by atoms with Gasteiger partial charge in [-0.2, -0.15) is 4.98 Å². The molecule has 0 aliphatic heterocycles. The minimum Gasteiger partial charge on any atom is -0.484 e. The number of hydrogen-bond donors (Lipinski definition) is 1. The van der Waals surface area contributed by atoms with E-state index in [0.29, 0.717) is 5.89 Å². The molecule has 0 amide bonds. The van der Waals surface area contributed by atoms with Gasteiger partial charge in [-0.15, -0.1) is 0 Å². The number of halogens is 1. The summed E-state index contributed by atoms with van der Waals surface area (Å²) in [5.74, 6) is -1.63. The van der Waals surface area contributed by atoms with Gasteiger partial charge in [0.25, 0.3) is 0 Å². The third-order valence-electron chi connectivity index (χ3n) is 2.66. The number of benzene rings is 1. The van der Waals surface area contributed by atoms with Crippen molar-refractivity contribution in [1.29, 1.82) is 0 Å². The summed E-state index contributed by atoms with van der Waals surface area (Å²) in [4.78, 5) is 15.2. The number of aromatic nitrogens is 2. The maximum atomic E-state index is 13.5. The molecule has 1 heterocycles. The van der Waals surface area contributed by atoms with Crippen molar-refractivity contribution < 1.29 is 23.6 Å². The van der Waals surface area contributed by atoms with E-state index in [9.17, 15) is 9.18 Å². The predicted octanol–water partition coefficient (Wildman–Crippen LogP) is 2.78. The van der Waals surface area contributed by atoms with Crippen molar-refractivity contribution in [3.8, 4) is 5.75 Å². The molecule has 6 nitrogen and oxygen atoms in total. The second-order valence-corrected chi connectivity index (χ2v) is 5.47. The third-order valence-corrected chi connectivity index (χ3v) is 2.66. The van der Waals surface area contributed by atoms with Crippen molar-refractivity contribution in [2.45, 2.75) is 32.8 Å². The van der Waals surface area contributed by atoms with Gasteiger partial charge in [0.05, 0.1) is 0 Å². The molecule has 112 valence electrons. The number of aromatic carboxylic acids is 1. The normalized spacial score (nSPS) is 11.4. The lowest BCUT2D eigenvalue weighted by Crippen LogP contribution is -2.12. The molecular weight excluding hydrogens is 279 g/mol. The van der Waals surface area contributed by atoms with E-state index >= 15 is 0 Å². The molecule has 0 saturated heterocycles. The van der Waals surface area contributed by atoms with E-state index in [1.807, 2.05) is 20.8 Å². The summed E-state index contributed by atoms with van der Waals surface area (Å²) >= 11 is 0. The molecule has 0 saturated carbocycles. The first-order valence-electron chi connectivity index (χ1n) is 6.26. The molecule has 21 heavy (non-hydrogen) atoms. The zero-order chi connectivity index (χ0) is 15.6. The largest absolute Gasteiger partial charge is 0.484 e. The molecule has 0 bridgehead atoms. The minimum atomic E-state index is -1.40. The summed E-state index contributed by atoms with van der Waals surface area (Å²) in [7, 11) is 0. The summed E-state index contributed by atoms with van der Waals surface area (Å²) in [6, 6.07) is 3.80. The Morgan fingerprint density at radius 1 is 1.43 bits per heavy atom. The number of hydrogen-bond acceptors (Lipinski definition) is 5. The van der Waals surface area contributed by atoms with Gasteiger partial charge in [0, 0.05) is 5.41 Å². The summed E-state index contributed by atoms with van der Waals surface area (Å²) in [6.45, 7) is 5.64. The number of carboxylic acids is 1. The SMILES string of the molecule is CC(C)(C)c1nc(COc2cccc(F)c2C(=O)O)no1. The van der Waals surface area contributed by atoms with Crippen molar-refractivity contribution >= 4 is 5.97 Å². The van der Waals surface area contributed by atoms with Crippen LogP contribution in [0.4, 0.5) is 4.39 Å². The first kappa shape index (κ1) is 15.0. The number of rotatable bonds is 4. The minimum absolute atomic E-state index is 0.0791. The van der Waals surface area contributed by atoms with E-state index in [-0.39, 0.29) is 23.6 Å². The van der Waals surface area contributed by atoms with Gasteiger partial charge in [0.1, 0.15) is 17.1 Å². The molecule has 0 spiro atoms. The zero-order valence-corrected chi connectivity index (χ0v) is 11.9. The third kappa shape index (κ3) is 3.36. The van der Waals surface area contributed by atoms with Gasteiger partial charge < -0.3 is 14.4 Å². The molecule has 0 unspecified atom stereocenters. The van der Waals surface area contributed by atoms with Gasteiger partial charge in [-0.05, 0) is 12.1 Å². The molecule has 0 radical (unpaired) electrons. The van der Waals surface area contributed by atoms with Crippen LogP contribution in [0.15, 0.2) is 22.7 Å². The highest BCUT2D eigenvalue weighted by molar-refractivity contribution is 5.91. The lowest BCUT2D eigenvalue weighted by Gasteiger charge is -2.10. The maximum Gasteiger partial charge on any atom is 0.342 e. The topological polar surface area (TPSA) is 85.5 Å². The maximum absolute atomic E-state index is 13.5. The van der Waals surface area contributed by atoms with Gasteiger partial charge in [0.2, 0.25) is 11.7 Å². The number of ether oxygens (including phenoxy) is 1. The van der Waals surface area contributed by atoms with Gasteiger partial charge in [-0.1, -0.05) is 32.0 Å². The lowest BCUT2D eigenvalue weighted by atomic mass is 9.97. The van der Waals surface area contributed by atoms with E-state index in [2.05, 4.69) is 10.1 Å². The highest BCUT2D eigenvalue weighted by Gasteiger charge is 2.22. The summed E-state index contributed by atoms with van der Waals surface area (Å²) in [5, 5.41) is 12.7. The number of carbonyl (C=O) groups is 1. The smallest absolute Gasteiger partial charge is 0.342 e. The van der Waals surface area contributed by atoms with Gasteiger partial charge in [0.15, 0.2) is 6.61 Å². The van der Waals surface area contributed by atoms with Crippen LogP contribution in [0.3, 0.4) is 0 Å². The van der Waals surface area contributed by atoms with Crippen LogP contribution < -0.4 is 4.74 Å². The Kier molecular flexibility index (Phi) is 3.93. The van der Waals surface area contributed by atoms with E-state index in [1.54, 1.807) is 0 Å². The van der Waals surface area contributed by atoms with Crippen LogP contribution in [0.2, 0.25) is 0 Å². The molecule has 1 aromatic heterocycles. The van der Waals surface area contributed by atoms with Crippen LogP contribution in [-0.2, 0) is 12.0 Å². The quantitative estimate of drug-likeness (QED) is 0.933. The fourth-order valence-corrected chi connectivity index (χ4v) is 1.59. The molecule has 0 fully saturated rings. The average Bonchev–Trinajstić information content (AvgIpc) is 2.84. The summed E-state index contributed by atoms with van der Waals surface area (Å²) in [6.07, 6.45) is 0. The molecule has 0 atom stereocenters. The second-order valence-electron chi connectivity index (χ2n) is 5.47. The molecular formula is C14H15FN2O4. The Morgan fingerprint density at radius 3 is 2.71 bits per heavy atom. The Bertz CT molecular complexity index is 661. The van der Waals surface area contributed by atoms with Crippen LogP contribution in [0, 0.1) is 5.82 Å². The van der Waals surface area contributed by atoms with Crippen molar-refractivity contribution in [3.63, 3.8) is 0 Å². The van der Waals surface area contributed by atoms with Crippen LogP contribution in [0.5, 0.6) is 5.75 Å². The molecule has 7 heteroatoms. The summed E-state index contributed by atoms with van der Waals surface area (Å²) in [5.41, 5.74) is -0.812. The second kappa shape index (κ2) is 5.51. The summed E-state index contributed by atoms with van der Waals surface area (Å²) < 4.78 is 23.8. The van der Waals surface area contributed by atoms with Crippen LogP contribution in [-0.4, -0.2) is 21.2 Å². The van der Waals surface area contributed by atoms with Crippen LogP contribution in [0.1, 0.15) is 42.8 Å². The highest BCUT2D eigenvalue weighted by atomic mass is 19.1. The Morgan fingerprint density at radius 2 is 2.14 bits per heavy atom. The monoisotopic (exact) mass is 294 g/mol. The molecule has 0 aliphatic carbocycles.